The molecule has 0 bridgehead atoms. The second-order valence-electron chi connectivity index (χ2n) is 6.89. The van der Waals surface area contributed by atoms with Crippen LogP contribution in [-0.2, 0) is 4.74 Å². The minimum Gasteiger partial charge on any atom is -0.383 e. The van der Waals surface area contributed by atoms with Crippen molar-refractivity contribution in [2.45, 2.75) is 64.3 Å². The largest absolute Gasteiger partial charge is 0.383 e. The molecular formula is C17H34N2O. The first-order valence-corrected chi connectivity index (χ1v) is 8.73. The number of methoxy groups -OCH3 is 1. The van der Waals surface area contributed by atoms with Crippen LogP contribution in [-0.4, -0.2) is 50.8 Å². The standard InChI is InChI=1S/C17H34N2O/c1-3-18-14-17(10-6-4-5-7-11-17)15-19(12-13-20-2)16-8-9-16/h16,18H,3-15H2,1-2H3. The Bertz CT molecular complexity index is 258. The van der Waals surface area contributed by atoms with E-state index in [2.05, 4.69) is 17.1 Å². The molecule has 0 spiro atoms. The lowest BCUT2D eigenvalue weighted by Gasteiger charge is -2.38. The van der Waals surface area contributed by atoms with Crippen molar-refractivity contribution in [2.75, 3.05) is 39.9 Å². The van der Waals surface area contributed by atoms with Crippen molar-refractivity contribution in [1.82, 2.24) is 10.2 Å². The van der Waals surface area contributed by atoms with Crippen LogP contribution in [0.3, 0.4) is 0 Å². The average Bonchev–Trinajstić information content (AvgIpc) is 3.29. The Kier molecular flexibility index (Phi) is 6.79. The van der Waals surface area contributed by atoms with Crippen LogP contribution in [0.1, 0.15) is 58.3 Å². The molecule has 0 atom stereocenters. The highest BCUT2D eigenvalue weighted by Crippen LogP contribution is 2.38. The number of rotatable bonds is 9. The predicted molar refractivity (Wildman–Crippen MR) is 85.1 cm³/mol. The third-order valence-corrected chi connectivity index (χ3v) is 5.10. The third kappa shape index (κ3) is 5.01. The lowest BCUT2D eigenvalue weighted by Crippen LogP contribution is -2.45. The van der Waals surface area contributed by atoms with Gasteiger partial charge in [-0.3, -0.25) is 4.90 Å². The predicted octanol–water partition coefficient (Wildman–Crippen LogP) is 3.05. The van der Waals surface area contributed by atoms with Crippen LogP contribution in [0, 0.1) is 5.41 Å². The van der Waals surface area contributed by atoms with E-state index < -0.39 is 0 Å². The van der Waals surface area contributed by atoms with Crippen LogP contribution >= 0.6 is 0 Å². The molecule has 2 saturated carbocycles. The van der Waals surface area contributed by atoms with E-state index in [0.717, 1.165) is 25.7 Å². The van der Waals surface area contributed by atoms with Crippen molar-refractivity contribution in [3.63, 3.8) is 0 Å². The molecule has 0 radical (unpaired) electrons. The van der Waals surface area contributed by atoms with E-state index in [1.807, 2.05) is 7.11 Å². The molecule has 0 saturated heterocycles. The molecule has 2 aliphatic carbocycles. The van der Waals surface area contributed by atoms with Gasteiger partial charge in [0.25, 0.3) is 0 Å². The summed E-state index contributed by atoms with van der Waals surface area (Å²) < 4.78 is 5.32. The van der Waals surface area contributed by atoms with Gasteiger partial charge in [0.15, 0.2) is 0 Å². The van der Waals surface area contributed by atoms with E-state index in [0.29, 0.717) is 5.41 Å². The minimum atomic E-state index is 0.517. The Hall–Kier alpha value is -0.120. The zero-order valence-electron chi connectivity index (χ0n) is 13.6. The van der Waals surface area contributed by atoms with Crippen molar-refractivity contribution >= 4 is 0 Å². The van der Waals surface area contributed by atoms with Crippen molar-refractivity contribution < 1.29 is 4.74 Å². The number of hydrogen-bond donors (Lipinski definition) is 1. The Morgan fingerprint density at radius 1 is 1.15 bits per heavy atom. The third-order valence-electron chi connectivity index (χ3n) is 5.10. The quantitative estimate of drug-likeness (QED) is 0.658. The Morgan fingerprint density at radius 2 is 1.85 bits per heavy atom. The van der Waals surface area contributed by atoms with Crippen LogP contribution in [0.4, 0.5) is 0 Å². The van der Waals surface area contributed by atoms with Crippen LogP contribution in [0.15, 0.2) is 0 Å². The zero-order chi connectivity index (χ0) is 14.3. The summed E-state index contributed by atoms with van der Waals surface area (Å²) in [7, 11) is 1.82. The van der Waals surface area contributed by atoms with Gasteiger partial charge in [0, 0.05) is 32.8 Å². The molecule has 0 amide bonds. The Morgan fingerprint density at radius 3 is 2.40 bits per heavy atom. The van der Waals surface area contributed by atoms with Crippen molar-refractivity contribution in [3.05, 3.63) is 0 Å². The van der Waals surface area contributed by atoms with Gasteiger partial charge in [-0.25, -0.2) is 0 Å². The van der Waals surface area contributed by atoms with Crippen LogP contribution in [0.25, 0.3) is 0 Å². The molecule has 2 aliphatic rings. The maximum Gasteiger partial charge on any atom is 0.0589 e. The summed E-state index contributed by atoms with van der Waals surface area (Å²) in [6.45, 7) is 7.83. The molecule has 0 unspecified atom stereocenters. The molecule has 3 nitrogen and oxygen atoms in total. The molecule has 1 N–H and O–H groups in total. The lowest BCUT2D eigenvalue weighted by atomic mass is 9.79. The first kappa shape index (κ1) is 16.3. The fourth-order valence-corrected chi connectivity index (χ4v) is 3.73. The molecule has 0 aliphatic heterocycles. The van der Waals surface area contributed by atoms with Gasteiger partial charge in [0.05, 0.1) is 6.61 Å². The van der Waals surface area contributed by atoms with Crippen molar-refractivity contribution in [3.8, 4) is 0 Å². The summed E-state index contributed by atoms with van der Waals surface area (Å²) in [5.41, 5.74) is 0.517. The maximum atomic E-state index is 5.32. The molecule has 0 aromatic carbocycles. The topological polar surface area (TPSA) is 24.5 Å². The Labute approximate surface area is 125 Å². The first-order chi connectivity index (χ1) is 9.79. The van der Waals surface area contributed by atoms with Gasteiger partial charge in [0.2, 0.25) is 0 Å². The van der Waals surface area contributed by atoms with E-state index >= 15 is 0 Å². The second kappa shape index (κ2) is 8.35. The summed E-state index contributed by atoms with van der Waals surface area (Å²) in [5.74, 6) is 0. The highest BCUT2D eigenvalue weighted by Gasteiger charge is 2.37. The van der Waals surface area contributed by atoms with Gasteiger partial charge >= 0.3 is 0 Å². The number of ether oxygens (including phenoxy) is 1. The number of nitrogens with one attached hydrogen (secondary N) is 1. The van der Waals surface area contributed by atoms with Gasteiger partial charge in [0.1, 0.15) is 0 Å². The highest BCUT2D eigenvalue weighted by atomic mass is 16.5. The van der Waals surface area contributed by atoms with E-state index in [4.69, 9.17) is 4.74 Å². The molecular weight excluding hydrogens is 248 g/mol. The fourth-order valence-electron chi connectivity index (χ4n) is 3.73. The SMILES string of the molecule is CCNCC1(CN(CCOC)C2CC2)CCCCCC1. The summed E-state index contributed by atoms with van der Waals surface area (Å²) >= 11 is 0. The monoisotopic (exact) mass is 282 g/mol. The van der Waals surface area contributed by atoms with Gasteiger partial charge in [-0.2, -0.15) is 0 Å². The van der Waals surface area contributed by atoms with Gasteiger partial charge in [-0.1, -0.05) is 32.6 Å². The minimum absolute atomic E-state index is 0.517. The molecule has 3 heteroatoms. The normalized spacial score (nSPS) is 22.9. The van der Waals surface area contributed by atoms with Gasteiger partial charge in [-0.05, 0) is 37.6 Å². The summed E-state index contributed by atoms with van der Waals surface area (Å²) in [6.07, 6.45) is 11.4. The summed E-state index contributed by atoms with van der Waals surface area (Å²) in [4.78, 5) is 2.73. The molecule has 2 rings (SSSR count). The summed E-state index contributed by atoms with van der Waals surface area (Å²) in [5, 5.41) is 3.65. The molecule has 0 heterocycles. The smallest absolute Gasteiger partial charge is 0.0589 e. The van der Waals surface area contributed by atoms with Crippen LogP contribution < -0.4 is 5.32 Å². The molecule has 20 heavy (non-hydrogen) atoms. The Balaban J connectivity index is 1.96. The van der Waals surface area contributed by atoms with Crippen molar-refractivity contribution in [1.29, 1.82) is 0 Å². The number of nitrogens with zero attached hydrogens (tertiary/aromatic N) is 1. The first-order valence-electron chi connectivity index (χ1n) is 8.73. The fraction of sp³-hybridized carbons (Fsp3) is 1.00. The van der Waals surface area contributed by atoms with Crippen LogP contribution in [0.2, 0.25) is 0 Å². The van der Waals surface area contributed by atoms with Crippen LogP contribution in [0.5, 0.6) is 0 Å². The van der Waals surface area contributed by atoms with E-state index in [1.54, 1.807) is 0 Å². The molecule has 2 fully saturated rings. The van der Waals surface area contributed by atoms with Gasteiger partial charge < -0.3 is 10.1 Å². The van der Waals surface area contributed by atoms with E-state index in [-0.39, 0.29) is 0 Å². The lowest BCUT2D eigenvalue weighted by molar-refractivity contribution is 0.0887. The van der Waals surface area contributed by atoms with Gasteiger partial charge in [-0.15, -0.1) is 0 Å². The summed E-state index contributed by atoms with van der Waals surface area (Å²) in [6, 6.07) is 0.854. The van der Waals surface area contributed by atoms with E-state index in [9.17, 15) is 0 Å². The zero-order valence-corrected chi connectivity index (χ0v) is 13.6. The average molecular weight is 282 g/mol. The molecule has 0 aromatic rings. The maximum absolute atomic E-state index is 5.32. The number of hydrogen-bond acceptors (Lipinski definition) is 3. The van der Waals surface area contributed by atoms with E-state index in [1.165, 1.54) is 64.5 Å². The molecule has 0 aromatic heterocycles. The second-order valence-corrected chi connectivity index (χ2v) is 6.89. The highest BCUT2D eigenvalue weighted by molar-refractivity contribution is 4.92. The van der Waals surface area contributed by atoms with Crippen molar-refractivity contribution in [2.24, 2.45) is 5.41 Å². The molecule has 118 valence electrons.